The van der Waals surface area contributed by atoms with Gasteiger partial charge in [-0.3, -0.25) is 0 Å². The van der Waals surface area contributed by atoms with Crippen molar-refractivity contribution < 1.29 is 4.28 Å². The Labute approximate surface area is 140 Å². The fourth-order valence-corrected chi connectivity index (χ4v) is 2.99. The van der Waals surface area contributed by atoms with E-state index in [1.165, 1.54) is 11.9 Å². The van der Waals surface area contributed by atoms with Crippen molar-refractivity contribution in [1.29, 1.82) is 0 Å². The summed E-state index contributed by atoms with van der Waals surface area (Å²) >= 11 is 1.67. The van der Waals surface area contributed by atoms with Gasteiger partial charge < -0.3 is 11.1 Å². The first kappa shape index (κ1) is 13.6. The molecule has 0 radical (unpaired) electrons. The normalized spacial score (nSPS) is 11.0. The highest BCUT2D eigenvalue weighted by Gasteiger charge is 2.15. The Bertz CT molecular complexity index is 959. The number of anilines is 2. The van der Waals surface area contributed by atoms with Crippen LogP contribution in [0.25, 0.3) is 16.9 Å². The van der Waals surface area contributed by atoms with Gasteiger partial charge in [0.15, 0.2) is 11.5 Å². The maximum atomic E-state index is 6.04. The van der Waals surface area contributed by atoms with E-state index >= 15 is 0 Å². The number of hydrogen-bond donors (Lipinski definition) is 2. The summed E-state index contributed by atoms with van der Waals surface area (Å²) in [6.07, 6.45) is 5.02. The Morgan fingerprint density at radius 3 is 3.13 bits per heavy atom. The molecule has 7 nitrogen and oxygen atoms in total. The number of fused-ring (bicyclic) bond motifs is 1. The van der Waals surface area contributed by atoms with E-state index in [0.717, 1.165) is 5.82 Å². The maximum absolute atomic E-state index is 6.04. The molecule has 23 heavy (non-hydrogen) atoms. The number of rotatable bonds is 4. The number of aromatic nitrogens is 5. The molecule has 0 saturated carbocycles. The van der Waals surface area contributed by atoms with Gasteiger partial charge >= 0.3 is 0 Å². The highest BCUT2D eigenvalue weighted by atomic mass is 32.1. The van der Waals surface area contributed by atoms with Gasteiger partial charge in [0.05, 0.1) is 11.3 Å². The van der Waals surface area contributed by atoms with Gasteiger partial charge in [-0.1, -0.05) is 0 Å². The lowest BCUT2D eigenvalue weighted by molar-refractivity contribution is 0.945. The van der Waals surface area contributed by atoms with Crippen LogP contribution in [0.2, 0.25) is 0 Å². The quantitative estimate of drug-likeness (QED) is 0.597. The Morgan fingerprint density at radius 1 is 1.30 bits per heavy atom. The van der Waals surface area contributed by atoms with E-state index in [1.807, 2.05) is 11.4 Å². The van der Waals surface area contributed by atoms with Crippen LogP contribution in [-0.4, -0.2) is 24.6 Å². The van der Waals surface area contributed by atoms with Gasteiger partial charge in [0.2, 0.25) is 0 Å². The van der Waals surface area contributed by atoms with Crippen LogP contribution < -0.4 is 11.1 Å². The lowest BCUT2D eigenvalue weighted by Gasteiger charge is -2.05. The Morgan fingerprint density at radius 2 is 2.26 bits per heavy atom. The molecule has 0 saturated heterocycles. The summed E-state index contributed by atoms with van der Waals surface area (Å²) in [5.41, 5.74) is 9.33. The third-order valence-corrected chi connectivity index (χ3v) is 4.13. The van der Waals surface area contributed by atoms with Crippen LogP contribution in [0.3, 0.4) is 0 Å². The Hall–Kier alpha value is -3.00. The van der Waals surface area contributed by atoms with Gasteiger partial charge in [0.25, 0.3) is 0 Å². The largest absolute Gasteiger partial charge is 0.382 e. The van der Waals surface area contributed by atoms with Crippen molar-refractivity contribution in [2.24, 2.45) is 0 Å². The fraction of sp³-hybridized carbons (Fsp3) is 0.0667. The molecule has 120 valence electrons. The average molecular weight is 329 g/mol. The third-order valence-electron chi connectivity index (χ3n) is 3.40. The van der Waals surface area contributed by atoms with Crippen molar-refractivity contribution >= 4 is 28.6 Å². The topological polar surface area (TPSA) is 94.0 Å². The number of nitrogens with zero attached hydrogens (tertiary/aromatic N) is 5. The molecule has 3 N–H and O–H groups in total. The molecule has 0 unspecified atom stereocenters. The van der Waals surface area contributed by atoms with Gasteiger partial charge in [0, 0.05) is 29.3 Å². The van der Waals surface area contributed by atoms with Crippen molar-refractivity contribution in [3.05, 3.63) is 53.2 Å². The zero-order valence-electron chi connectivity index (χ0n) is 12.0. The van der Waals surface area contributed by atoms with E-state index in [2.05, 4.69) is 36.8 Å². The molecule has 0 spiro atoms. The Kier molecular flexibility index (Phi) is 3.35. The van der Waals surface area contributed by atoms with E-state index in [9.17, 15) is 0 Å². The number of thiophene rings is 1. The number of nitrogens with two attached hydrogens (primary N) is 1. The van der Waals surface area contributed by atoms with E-state index in [0.29, 0.717) is 29.3 Å². The number of hydrogen-bond acceptors (Lipinski definition) is 7. The van der Waals surface area contributed by atoms with Gasteiger partial charge in [-0.15, -0.1) is 5.10 Å². The van der Waals surface area contributed by atoms with E-state index in [4.69, 9.17) is 5.73 Å². The summed E-state index contributed by atoms with van der Waals surface area (Å²) < 4.78 is 1.64. The van der Waals surface area contributed by atoms with Crippen LogP contribution in [-0.2, 0) is 6.54 Å². The molecule has 4 heterocycles. The summed E-state index contributed by atoms with van der Waals surface area (Å²) in [6.45, 7) is 0.711. The van der Waals surface area contributed by atoms with Crippen molar-refractivity contribution in [3.8, 4) is 11.3 Å². The van der Waals surface area contributed by atoms with Crippen LogP contribution in [0.4, 0.5) is 11.6 Å². The molecular formula is C15H19N7S. The van der Waals surface area contributed by atoms with E-state index in [-0.39, 0.29) is 4.28 Å². The molecule has 4 aromatic rings. The van der Waals surface area contributed by atoms with Crippen LogP contribution in [0.1, 0.15) is 9.84 Å². The van der Waals surface area contributed by atoms with Crippen molar-refractivity contribution in [3.63, 3.8) is 0 Å². The lowest BCUT2D eigenvalue weighted by Crippen LogP contribution is -2.01. The highest BCUT2D eigenvalue weighted by Crippen LogP contribution is 2.28. The standard InChI is InChI=1S/C15H13N7S.3H2/c16-14-13(15-17-3-1-4-22(15)21-14)11-6-12(20-9-19-11)18-7-10-2-5-23-8-10;;;/h1-6,8-9H,7H2,(H2,16,21)(H,18,19,20);3*1H. The summed E-state index contributed by atoms with van der Waals surface area (Å²) in [5.74, 6) is 1.13. The molecule has 0 aliphatic heterocycles. The molecule has 4 aromatic heterocycles. The fourth-order valence-electron chi connectivity index (χ4n) is 2.33. The van der Waals surface area contributed by atoms with Gasteiger partial charge in [-0.25, -0.2) is 19.5 Å². The first-order valence-electron chi connectivity index (χ1n) is 6.97. The van der Waals surface area contributed by atoms with Crippen LogP contribution >= 0.6 is 11.3 Å². The zero-order chi connectivity index (χ0) is 15.6. The lowest BCUT2D eigenvalue weighted by atomic mass is 10.2. The molecular weight excluding hydrogens is 310 g/mol. The van der Waals surface area contributed by atoms with Crippen LogP contribution in [0.5, 0.6) is 0 Å². The maximum Gasteiger partial charge on any atom is 0.166 e. The summed E-state index contributed by atoms with van der Waals surface area (Å²) in [5, 5.41) is 11.7. The van der Waals surface area contributed by atoms with Gasteiger partial charge in [-0.2, -0.15) is 11.3 Å². The second-order valence-corrected chi connectivity index (χ2v) is 5.70. The predicted octanol–water partition coefficient (Wildman–Crippen LogP) is 3.18. The molecule has 8 heteroatoms. The third kappa shape index (κ3) is 2.59. The van der Waals surface area contributed by atoms with E-state index < -0.39 is 0 Å². The average Bonchev–Trinajstić information content (AvgIpc) is 3.19. The number of nitrogens with one attached hydrogen (secondary N) is 1. The molecule has 0 bridgehead atoms. The summed E-state index contributed by atoms with van der Waals surface area (Å²) in [6, 6.07) is 5.73. The van der Waals surface area contributed by atoms with Crippen molar-refractivity contribution in [2.75, 3.05) is 11.1 Å². The molecule has 4 rings (SSSR count). The summed E-state index contributed by atoms with van der Waals surface area (Å²) in [7, 11) is 0. The number of nitrogen functional groups attached to an aromatic ring is 1. The second kappa shape index (κ2) is 5.65. The zero-order valence-corrected chi connectivity index (χ0v) is 12.9. The van der Waals surface area contributed by atoms with Crippen molar-refractivity contribution in [1.82, 2.24) is 24.6 Å². The molecule has 0 aliphatic rings. The van der Waals surface area contributed by atoms with Crippen LogP contribution in [0, 0.1) is 0 Å². The van der Waals surface area contributed by atoms with Crippen molar-refractivity contribution in [2.45, 2.75) is 6.54 Å². The first-order chi connectivity index (χ1) is 11.3. The van der Waals surface area contributed by atoms with Crippen LogP contribution in [0.15, 0.2) is 47.7 Å². The minimum atomic E-state index is 0. The molecule has 0 atom stereocenters. The molecule has 0 aliphatic carbocycles. The Balaban J connectivity index is 0.00000113. The second-order valence-electron chi connectivity index (χ2n) is 4.92. The smallest absolute Gasteiger partial charge is 0.166 e. The van der Waals surface area contributed by atoms with E-state index in [1.54, 1.807) is 34.3 Å². The molecule has 0 fully saturated rings. The molecule has 0 aromatic carbocycles. The van der Waals surface area contributed by atoms with Gasteiger partial charge in [0.1, 0.15) is 12.1 Å². The highest BCUT2D eigenvalue weighted by molar-refractivity contribution is 7.07. The SMILES string of the molecule is Nc1nn2cccnc2c1-c1cc(NCc2ccsc2)ncn1.[HH].[HH].[HH]. The van der Waals surface area contributed by atoms with Gasteiger partial charge in [-0.05, 0) is 28.5 Å². The first-order valence-corrected chi connectivity index (χ1v) is 7.92. The minimum Gasteiger partial charge on any atom is -0.382 e. The predicted molar refractivity (Wildman–Crippen MR) is 96.4 cm³/mol. The summed E-state index contributed by atoms with van der Waals surface area (Å²) in [4.78, 5) is 12.9. The minimum absolute atomic E-state index is 0. The molecule has 0 amide bonds. The monoisotopic (exact) mass is 329 g/mol.